The molecule has 1 aromatic heterocycles. The third-order valence-electron chi connectivity index (χ3n) is 3.67. The molecule has 1 saturated heterocycles. The first kappa shape index (κ1) is 16.9. The Bertz CT molecular complexity index is 829. The van der Waals surface area contributed by atoms with Crippen molar-refractivity contribution in [2.45, 2.75) is 24.5 Å². The Morgan fingerprint density at radius 1 is 1.42 bits per heavy atom. The standard InChI is InChI=1S/C10H16N6O7S/c11-7-4-8(14-2-13-7)16(10(19)15-4)9-6(18)5(17)3(23-9)1-22-24(12,20)21/h3,5-6,9,14,17-18H,1-2H2,(H2,11,13)(H,15,19)(H2,12,20,21)/t3-,5-,6-,9+/m1/s1. The summed E-state index contributed by atoms with van der Waals surface area (Å²) in [7, 11) is -4.25. The minimum Gasteiger partial charge on any atom is -0.387 e. The molecule has 3 heterocycles. The molecule has 0 amide bonds. The molecule has 13 nitrogen and oxygen atoms in total. The number of amidine groups is 1. The maximum absolute atomic E-state index is 12.2. The van der Waals surface area contributed by atoms with Gasteiger partial charge in [-0.2, -0.15) is 8.42 Å². The first-order valence-electron chi connectivity index (χ1n) is 6.76. The first-order valence-corrected chi connectivity index (χ1v) is 8.23. The fourth-order valence-electron chi connectivity index (χ4n) is 2.57. The van der Waals surface area contributed by atoms with Crippen molar-refractivity contribution in [2.75, 3.05) is 18.6 Å². The van der Waals surface area contributed by atoms with Gasteiger partial charge in [0.05, 0.1) is 6.61 Å². The van der Waals surface area contributed by atoms with E-state index in [0.717, 1.165) is 4.57 Å². The van der Waals surface area contributed by atoms with Gasteiger partial charge in [-0.15, -0.1) is 0 Å². The molecule has 4 atom stereocenters. The lowest BCUT2D eigenvalue weighted by Gasteiger charge is -2.20. The van der Waals surface area contributed by atoms with Crippen molar-refractivity contribution < 1.29 is 27.6 Å². The topological polar surface area (TPSA) is 207 Å². The van der Waals surface area contributed by atoms with Crippen molar-refractivity contribution in [3.05, 3.63) is 16.2 Å². The molecular weight excluding hydrogens is 348 g/mol. The van der Waals surface area contributed by atoms with Crippen LogP contribution in [-0.4, -0.2) is 65.6 Å². The zero-order valence-corrected chi connectivity index (χ0v) is 12.9. The number of anilines is 1. The summed E-state index contributed by atoms with van der Waals surface area (Å²) in [5.74, 6) is 0.332. The Hall–Kier alpha value is -1.97. The molecule has 3 rings (SSSR count). The molecular formula is C10H16N6O7S. The maximum atomic E-state index is 12.2. The van der Waals surface area contributed by atoms with E-state index in [-0.39, 0.29) is 24.0 Å². The number of hydrogen-bond donors (Lipinski definition) is 6. The van der Waals surface area contributed by atoms with Crippen molar-refractivity contribution in [1.82, 2.24) is 9.55 Å². The molecule has 0 aromatic carbocycles. The number of fused-ring (bicyclic) bond motifs is 1. The van der Waals surface area contributed by atoms with E-state index in [2.05, 4.69) is 19.5 Å². The van der Waals surface area contributed by atoms with E-state index in [0.29, 0.717) is 0 Å². The molecule has 8 N–H and O–H groups in total. The van der Waals surface area contributed by atoms with E-state index in [4.69, 9.17) is 15.6 Å². The summed E-state index contributed by atoms with van der Waals surface area (Å²) < 4.78 is 32.4. The molecule has 1 aromatic rings. The summed E-state index contributed by atoms with van der Waals surface area (Å²) in [5.41, 5.74) is 5.25. The summed E-state index contributed by atoms with van der Waals surface area (Å²) in [4.78, 5) is 18.5. The van der Waals surface area contributed by atoms with Gasteiger partial charge in [-0.05, 0) is 0 Å². The number of aliphatic hydroxyl groups excluding tert-OH is 2. The lowest BCUT2D eigenvalue weighted by atomic mass is 10.1. The predicted molar refractivity (Wildman–Crippen MR) is 79.2 cm³/mol. The van der Waals surface area contributed by atoms with E-state index in [1.165, 1.54) is 0 Å². The van der Waals surface area contributed by atoms with Crippen LogP contribution >= 0.6 is 0 Å². The highest BCUT2D eigenvalue weighted by molar-refractivity contribution is 7.84. The first-order chi connectivity index (χ1) is 11.2. The molecule has 1 fully saturated rings. The molecule has 134 valence electrons. The van der Waals surface area contributed by atoms with Gasteiger partial charge in [0.25, 0.3) is 0 Å². The molecule has 24 heavy (non-hydrogen) atoms. The van der Waals surface area contributed by atoms with Crippen LogP contribution in [0.5, 0.6) is 0 Å². The quantitative estimate of drug-likeness (QED) is 0.308. The molecule has 0 aliphatic carbocycles. The maximum Gasteiger partial charge on any atom is 0.333 e. The number of aliphatic imine (C=N–C) groups is 1. The lowest BCUT2D eigenvalue weighted by molar-refractivity contribution is -0.0490. The predicted octanol–water partition coefficient (Wildman–Crippen LogP) is -3.90. The van der Waals surface area contributed by atoms with Crippen LogP contribution in [0.15, 0.2) is 9.79 Å². The second-order valence-corrected chi connectivity index (χ2v) is 6.45. The Morgan fingerprint density at radius 2 is 2.12 bits per heavy atom. The summed E-state index contributed by atoms with van der Waals surface area (Å²) in [6.07, 6.45) is -5.52. The number of aromatic amines is 1. The van der Waals surface area contributed by atoms with Crippen molar-refractivity contribution in [3.63, 3.8) is 0 Å². The number of ether oxygens (including phenoxy) is 1. The Balaban J connectivity index is 1.89. The fraction of sp³-hybridized carbons (Fsp3) is 0.600. The molecule has 0 spiro atoms. The molecule has 0 radical (unpaired) electrons. The minimum absolute atomic E-state index is 0.0988. The third kappa shape index (κ3) is 2.90. The highest BCUT2D eigenvalue weighted by atomic mass is 32.2. The number of hydrogen-bond acceptors (Lipinski definition) is 10. The summed E-state index contributed by atoms with van der Waals surface area (Å²) in [5, 5.41) is 27.6. The number of aromatic nitrogens is 2. The highest BCUT2D eigenvalue weighted by Gasteiger charge is 2.46. The van der Waals surface area contributed by atoms with E-state index in [9.17, 15) is 23.4 Å². The zero-order valence-electron chi connectivity index (χ0n) is 12.1. The van der Waals surface area contributed by atoms with Gasteiger partial charge in [0.2, 0.25) is 0 Å². The van der Waals surface area contributed by atoms with Gasteiger partial charge in [0.15, 0.2) is 6.23 Å². The monoisotopic (exact) mass is 364 g/mol. The fourth-order valence-corrected chi connectivity index (χ4v) is 2.89. The molecule has 14 heteroatoms. The van der Waals surface area contributed by atoms with E-state index < -0.39 is 47.1 Å². The summed E-state index contributed by atoms with van der Waals surface area (Å²) in [6.45, 7) is -0.509. The number of nitrogens with zero attached hydrogens (tertiary/aromatic N) is 2. The van der Waals surface area contributed by atoms with Crippen LogP contribution in [0.2, 0.25) is 0 Å². The smallest absolute Gasteiger partial charge is 0.333 e. The summed E-state index contributed by atoms with van der Waals surface area (Å²) in [6, 6.07) is 0. The Kier molecular flexibility index (Phi) is 4.10. The van der Waals surface area contributed by atoms with E-state index >= 15 is 0 Å². The van der Waals surface area contributed by atoms with Crippen molar-refractivity contribution >= 4 is 22.0 Å². The Labute approximate surface area is 135 Å². The average Bonchev–Trinajstić information content (AvgIpc) is 2.96. The van der Waals surface area contributed by atoms with Crippen LogP contribution in [0, 0.1) is 0 Å². The van der Waals surface area contributed by atoms with Gasteiger partial charge in [0, 0.05) is 0 Å². The molecule has 0 bridgehead atoms. The third-order valence-corrected chi connectivity index (χ3v) is 4.13. The van der Waals surface area contributed by atoms with Crippen LogP contribution in [0.4, 0.5) is 5.82 Å². The molecule has 0 unspecified atom stereocenters. The van der Waals surface area contributed by atoms with Gasteiger partial charge < -0.3 is 31.0 Å². The number of nitrogens with one attached hydrogen (secondary N) is 2. The SMILES string of the molecule is NC1=NCNc2c1[nH]c(=O)n2[C@H]1O[C@H](COS(N)(=O)=O)[C@@H](O)[C@H]1O. The zero-order chi connectivity index (χ0) is 17.6. The molecule has 2 aliphatic rings. The van der Waals surface area contributed by atoms with Crippen LogP contribution in [-0.2, 0) is 19.2 Å². The minimum atomic E-state index is -4.25. The van der Waals surface area contributed by atoms with E-state index in [1.54, 1.807) is 0 Å². The molecule has 2 aliphatic heterocycles. The van der Waals surface area contributed by atoms with Crippen LogP contribution in [0.3, 0.4) is 0 Å². The van der Waals surface area contributed by atoms with Gasteiger partial charge >= 0.3 is 16.0 Å². The number of nitrogens with two attached hydrogens (primary N) is 2. The number of H-pyrrole nitrogens is 1. The summed E-state index contributed by atoms with van der Waals surface area (Å²) >= 11 is 0. The average molecular weight is 364 g/mol. The largest absolute Gasteiger partial charge is 0.387 e. The van der Waals surface area contributed by atoms with Crippen molar-refractivity contribution in [1.29, 1.82) is 0 Å². The number of imidazole rings is 1. The van der Waals surface area contributed by atoms with Gasteiger partial charge in [-0.1, -0.05) is 0 Å². The number of rotatable bonds is 4. The Morgan fingerprint density at radius 3 is 2.79 bits per heavy atom. The van der Waals surface area contributed by atoms with Crippen LogP contribution in [0.25, 0.3) is 0 Å². The number of aliphatic hydroxyl groups is 2. The van der Waals surface area contributed by atoms with Crippen molar-refractivity contribution in [2.24, 2.45) is 15.9 Å². The van der Waals surface area contributed by atoms with Gasteiger partial charge in [-0.25, -0.2) is 19.5 Å². The second-order valence-electron chi connectivity index (χ2n) is 5.23. The van der Waals surface area contributed by atoms with Crippen LogP contribution < -0.4 is 21.9 Å². The molecule has 0 saturated carbocycles. The van der Waals surface area contributed by atoms with Gasteiger partial charge in [0.1, 0.15) is 42.3 Å². The highest BCUT2D eigenvalue weighted by Crippen LogP contribution is 2.32. The van der Waals surface area contributed by atoms with Crippen molar-refractivity contribution in [3.8, 4) is 0 Å². The van der Waals surface area contributed by atoms with E-state index in [1.807, 2.05) is 0 Å². The second kappa shape index (κ2) is 5.83. The lowest BCUT2D eigenvalue weighted by Crippen LogP contribution is -2.36. The van der Waals surface area contributed by atoms with Crippen LogP contribution in [0.1, 0.15) is 11.9 Å². The van der Waals surface area contributed by atoms with Gasteiger partial charge in [-0.3, -0.25) is 4.18 Å². The normalized spacial score (nSPS) is 29.9.